The minimum absolute atomic E-state index is 0.211. The van der Waals surface area contributed by atoms with Gasteiger partial charge in [0.1, 0.15) is 11.6 Å². The van der Waals surface area contributed by atoms with E-state index in [0.717, 1.165) is 10.4 Å². The normalized spacial score (nSPS) is 10.4. The molecule has 1 heterocycles. The number of methoxy groups -OCH3 is 1. The molecule has 7 heteroatoms. The topological polar surface area (TPSA) is 67.4 Å². The van der Waals surface area contributed by atoms with E-state index < -0.39 is 0 Å². The molecule has 0 radical (unpaired) electrons. The molecule has 0 aliphatic rings. The zero-order valence-electron chi connectivity index (χ0n) is 15.2. The average molecular weight is 398 g/mol. The number of nitrogens with one attached hydrogen (secondary N) is 2. The zero-order valence-corrected chi connectivity index (χ0v) is 16.0. The smallest absolute Gasteiger partial charge is 0.261 e. The predicted molar refractivity (Wildman–Crippen MR) is 107 cm³/mol. The number of hydrogen-bond donors (Lipinski definition) is 2. The highest BCUT2D eigenvalue weighted by Gasteiger charge is 2.10. The molecule has 28 heavy (non-hydrogen) atoms. The van der Waals surface area contributed by atoms with Crippen LogP contribution in [0.25, 0.3) is 10.4 Å². The molecular formula is C21H19FN2O3S. The summed E-state index contributed by atoms with van der Waals surface area (Å²) in [4.78, 5) is 25.7. The van der Waals surface area contributed by atoms with Crippen molar-refractivity contribution in [2.75, 3.05) is 20.2 Å². The van der Waals surface area contributed by atoms with Crippen LogP contribution in [0.15, 0.2) is 60.7 Å². The molecule has 2 amide bonds. The van der Waals surface area contributed by atoms with Crippen LogP contribution in [0.2, 0.25) is 0 Å². The van der Waals surface area contributed by atoms with Gasteiger partial charge in [-0.3, -0.25) is 9.59 Å². The van der Waals surface area contributed by atoms with Gasteiger partial charge in [-0.25, -0.2) is 4.39 Å². The van der Waals surface area contributed by atoms with Crippen LogP contribution in [0, 0.1) is 5.82 Å². The SMILES string of the molecule is COc1ccc(C(=O)NCCNC(=O)c2ccc(-c3ccc(F)cc3)s2)cc1. The van der Waals surface area contributed by atoms with Crippen LogP contribution >= 0.6 is 11.3 Å². The van der Waals surface area contributed by atoms with E-state index in [0.29, 0.717) is 29.3 Å². The molecule has 0 saturated carbocycles. The second-order valence-corrected chi connectivity index (χ2v) is 6.99. The number of hydrogen-bond acceptors (Lipinski definition) is 4. The van der Waals surface area contributed by atoms with E-state index in [1.54, 1.807) is 49.6 Å². The average Bonchev–Trinajstić information content (AvgIpc) is 3.22. The summed E-state index contributed by atoms with van der Waals surface area (Å²) in [5, 5.41) is 5.53. The number of halogens is 1. The van der Waals surface area contributed by atoms with E-state index in [1.807, 2.05) is 6.07 Å². The summed E-state index contributed by atoms with van der Waals surface area (Å²) in [6, 6.07) is 16.5. The van der Waals surface area contributed by atoms with Crippen molar-refractivity contribution < 1.29 is 18.7 Å². The van der Waals surface area contributed by atoms with E-state index in [9.17, 15) is 14.0 Å². The number of carbonyl (C=O) groups is 2. The molecule has 0 spiro atoms. The van der Waals surface area contributed by atoms with E-state index in [1.165, 1.54) is 23.5 Å². The van der Waals surface area contributed by atoms with Gasteiger partial charge in [0.25, 0.3) is 11.8 Å². The first-order chi connectivity index (χ1) is 13.6. The molecule has 2 aromatic carbocycles. The number of thiophene rings is 1. The van der Waals surface area contributed by atoms with E-state index in [-0.39, 0.29) is 17.6 Å². The standard InChI is InChI=1S/C21H19FN2O3S/c1-27-17-8-4-15(5-9-17)20(25)23-12-13-24-21(26)19-11-10-18(28-19)14-2-6-16(22)7-3-14/h2-11H,12-13H2,1H3,(H,23,25)(H,24,26). The van der Waals surface area contributed by atoms with Gasteiger partial charge in [0.2, 0.25) is 0 Å². The Morgan fingerprint density at radius 2 is 1.54 bits per heavy atom. The Hall–Kier alpha value is -3.19. The summed E-state index contributed by atoms with van der Waals surface area (Å²) < 4.78 is 18.1. The van der Waals surface area contributed by atoms with E-state index >= 15 is 0 Å². The molecule has 3 rings (SSSR count). The van der Waals surface area contributed by atoms with Gasteiger partial charge in [-0.2, -0.15) is 0 Å². The van der Waals surface area contributed by atoms with Crippen molar-refractivity contribution in [3.63, 3.8) is 0 Å². The van der Waals surface area contributed by atoms with Crippen molar-refractivity contribution in [3.8, 4) is 16.2 Å². The molecule has 0 aliphatic heterocycles. The van der Waals surface area contributed by atoms with Crippen LogP contribution in [0.3, 0.4) is 0 Å². The summed E-state index contributed by atoms with van der Waals surface area (Å²) in [7, 11) is 1.56. The lowest BCUT2D eigenvalue weighted by molar-refractivity contribution is 0.0929. The van der Waals surface area contributed by atoms with Crippen molar-refractivity contribution in [1.82, 2.24) is 10.6 Å². The molecule has 0 unspecified atom stereocenters. The van der Waals surface area contributed by atoms with Gasteiger partial charge in [0.05, 0.1) is 12.0 Å². The van der Waals surface area contributed by atoms with Crippen molar-refractivity contribution in [2.45, 2.75) is 0 Å². The number of benzene rings is 2. The summed E-state index contributed by atoms with van der Waals surface area (Å²) >= 11 is 1.33. The van der Waals surface area contributed by atoms with Crippen LogP contribution in [0.5, 0.6) is 5.75 Å². The second-order valence-electron chi connectivity index (χ2n) is 5.91. The second kappa shape index (κ2) is 9.14. The van der Waals surface area contributed by atoms with Crippen LogP contribution in [-0.4, -0.2) is 32.0 Å². The van der Waals surface area contributed by atoms with Gasteiger partial charge in [-0.1, -0.05) is 12.1 Å². The molecule has 2 N–H and O–H groups in total. The van der Waals surface area contributed by atoms with Gasteiger partial charge in [0.15, 0.2) is 0 Å². The zero-order chi connectivity index (χ0) is 19.9. The maximum Gasteiger partial charge on any atom is 0.261 e. The first-order valence-corrected chi connectivity index (χ1v) is 9.44. The Balaban J connectivity index is 1.46. The van der Waals surface area contributed by atoms with Crippen LogP contribution < -0.4 is 15.4 Å². The van der Waals surface area contributed by atoms with Gasteiger partial charge >= 0.3 is 0 Å². The fourth-order valence-electron chi connectivity index (χ4n) is 2.51. The first-order valence-electron chi connectivity index (χ1n) is 8.63. The lowest BCUT2D eigenvalue weighted by Crippen LogP contribution is -2.34. The third-order valence-electron chi connectivity index (χ3n) is 4.01. The Kier molecular flexibility index (Phi) is 6.39. The molecular weight excluding hydrogens is 379 g/mol. The fourth-order valence-corrected chi connectivity index (χ4v) is 3.44. The van der Waals surface area contributed by atoms with Gasteiger partial charge in [-0.15, -0.1) is 11.3 Å². The first kappa shape index (κ1) is 19.6. The summed E-state index contributed by atoms with van der Waals surface area (Å²) in [5.74, 6) is -0.0431. The molecule has 0 atom stereocenters. The lowest BCUT2D eigenvalue weighted by Gasteiger charge is -2.07. The summed E-state index contributed by atoms with van der Waals surface area (Å²) in [6.07, 6.45) is 0. The van der Waals surface area contributed by atoms with Gasteiger partial charge in [0, 0.05) is 23.5 Å². The summed E-state index contributed by atoms with van der Waals surface area (Å²) in [5.41, 5.74) is 1.38. The van der Waals surface area contributed by atoms with E-state index in [2.05, 4.69) is 10.6 Å². The largest absolute Gasteiger partial charge is 0.497 e. The Labute approximate surface area is 166 Å². The van der Waals surface area contributed by atoms with E-state index in [4.69, 9.17) is 4.74 Å². The molecule has 0 aliphatic carbocycles. The Bertz CT molecular complexity index is 953. The number of ether oxygens (including phenoxy) is 1. The Morgan fingerprint density at radius 3 is 2.18 bits per heavy atom. The highest BCUT2D eigenvalue weighted by molar-refractivity contribution is 7.17. The maximum absolute atomic E-state index is 13.0. The molecule has 1 aromatic heterocycles. The highest BCUT2D eigenvalue weighted by atomic mass is 32.1. The minimum atomic E-state index is -0.296. The quantitative estimate of drug-likeness (QED) is 0.596. The van der Waals surface area contributed by atoms with Crippen molar-refractivity contribution >= 4 is 23.2 Å². The summed E-state index contributed by atoms with van der Waals surface area (Å²) in [6.45, 7) is 0.622. The molecule has 3 aromatic rings. The third-order valence-corrected chi connectivity index (χ3v) is 5.14. The number of rotatable bonds is 7. The molecule has 0 bridgehead atoms. The maximum atomic E-state index is 13.0. The van der Waals surface area contributed by atoms with Gasteiger partial charge in [-0.05, 0) is 54.1 Å². The third kappa shape index (κ3) is 4.95. The lowest BCUT2D eigenvalue weighted by atomic mass is 10.2. The molecule has 0 fully saturated rings. The van der Waals surface area contributed by atoms with Crippen LogP contribution in [0.1, 0.15) is 20.0 Å². The van der Waals surface area contributed by atoms with Crippen molar-refractivity contribution in [2.24, 2.45) is 0 Å². The monoisotopic (exact) mass is 398 g/mol. The number of amides is 2. The highest BCUT2D eigenvalue weighted by Crippen LogP contribution is 2.28. The van der Waals surface area contributed by atoms with Crippen LogP contribution in [0.4, 0.5) is 4.39 Å². The van der Waals surface area contributed by atoms with Crippen molar-refractivity contribution in [3.05, 3.63) is 76.9 Å². The molecule has 144 valence electrons. The minimum Gasteiger partial charge on any atom is -0.497 e. The fraction of sp³-hybridized carbons (Fsp3) is 0.143. The number of carbonyl (C=O) groups excluding carboxylic acids is 2. The van der Waals surface area contributed by atoms with Crippen LogP contribution in [-0.2, 0) is 0 Å². The predicted octanol–water partition coefficient (Wildman–Crippen LogP) is 3.72. The molecule has 5 nitrogen and oxygen atoms in total. The molecule has 0 saturated heterocycles. The van der Waals surface area contributed by atoms with Crippen molar-refractivity contribution in [1.29, 1.82) is 0 Å². The Morgan fingerprint density at radius 1 is 0.893 bits per heavy atom. The van der Waals surface area contributed by atoms with Gasteiger partial charge < -0.3 is 15.4 Å².